The molecule has 0 aliphatic carbocycles. The van der Waals surface area contributed by atoms with Crippen molar-refractivity contribution in [2.75, 3.05) is 18.5 Å². The Morgan fingerprint density at radius 3 is 2.72 bits per heavy atom. The quantitative estimate of drug-likeness (QED) is 0.849. The van der Waals surface area contributed by atoms with E-state index < -0.39 is 5.60 Å². The average Bonchev–Trinajstić information content (AvgIpc) is 2.65. The number of hydrogen-bond acceptors (Lipinski definition) is 4. The van der Waals surface area contributed by atoms with E-state index >= 15 is 0 Å². The van der Waals surface area contributed by atoms with Gasteiger partial charge in [-0.2, -0.15) is 0 Å². The smallest absolute Gasteiger partial charge is 0.153 e. The highest BCUT2D eigenvalue weighted by molar-refractivity contribution is 5.55. The van der Waals surface area contributed by atoms with Crippen LogP contribution in [-0.4, -0.2) is 38.8 Å². The molecule has 2 heterocycles. The monoisotopic (exact) mass is 249 g/mol. The molecule has 18 heavy (non-hydrogen) atoms. The molecule has 0 radical (unpaired) electrons. The molecule has 0 aromatic carbocycles. The van der Waals surface area contributed by atoms with Crippen molar-refractivity contribution in [2.24, 2.45) is 0 Å². The topological polar surface area (TPSA) is 61.0 Å². The summed E-state index contributed by atoms with van der Waals surface area (Å²) in [5.74, 6) is 0.700. The van der Waals surface area contributed by atoms with E-state index in [1.54, 1.807) is 13.8 Å². The number of aliphatic hydroxyl groups excluding tert-OH is 1. The summed E-state index contributed by atoms with van der Waals surface area (Å²) in [6.07, 6.45) is 1.87. The second-order valence-electron chi connectivity index (χ2n) is 5.14. The van der Waals surface area contributed by atoms with Crippen molar-refractivity contribution in [1.82, 2.24) is 9.38 Å². The fourth-order valence-corrected chi connectivity index (χ4v) is 2.14. The Balaban J connectivity index is 2.44. The van der Waals surface area contributed by atoms with Gasteiger partial charge in [0.1, 0.15) is 5.65 Å². The van der Waals surface area contributed by atoms with Crippen molar-refractivity contribution >= 4 is 11.5 Å². The zero-order valence-corrected chi connectivity index (χ0v) is 11.0. The highest BCUT2D eigenvalue weighted by atomic mass is 16.3. The maximum absolute atomic E-state index is 9.85. The van der Waals surface area contributed by atoms with Gasteiger partial charge < -0.3 is 15.1 Å². The first kappa shape index (κ1) is 12.9. The average molecular weight is 249 g/mol. The van der Waals surface area contributed by atoms with Gasteiger partial charge in [0.05, 0.1) is 17.9 Å². The number of aliphatic hydroxyl groups is 2. The second-order valence-corrected chi connectivity index (χ2v) is 5.14. The van der Waals surface area contributed by atoms with Crippen LogP contribution in [0.2, 0.25) is 0 Å². The number of imidazole rings is 1. The van der Waals surface area contributed by atoms with Gasteiger partial charge in [-0.25, -0.2) is 4.98 Å². The van der Waals surface area contributed by atoms with Gasteiger partial charge in [-0.05, 0) is 26.0 Å². The van der Waals surface area contributed by atoms with Crippen LogP contribution in [-0.2, 0) is 6.61 Å². The summed E-state index contributed by atoms with van der Waals surface area (Å²) in [5.41, 5.74) is 0.716. The van der Waals surface area contributed by atoms with Gasteiger partial charge in [0, 0.05) is 19.8 Å². The third kappa shape index (κ3) is 2.47. The van der Waals surface area contributed by atoms with Crippen molar-refractivity contribution in [2.45, 2.75) is 26.1 Å². The van der Waals surface area contributed by atoms with Crippen molar-refractivity contribution in [3.05, 3.63) is 30.1 Å². The van der Waals surface area contributed by atoms with Crippen molar-refractivity contribution in [1.29, 1.82) is 0 Å². The van der Waals surface area contributed by atoms with E-state index in [1.807, 2.05) is 40.7 Å². The number of likely N-dealkylation sites (N-methyl/N-ethyl adjacent to an activating group) is 1. The number of aromatic nitrogens is 2. The summed E-state index contributed by atoms with van der Waals surface area (Å²) in [6.45, 7) is 3.86. The second kappa shape index (κ2) is 4.59. The molecule has 2 N–H and O–H groups in total. The van der Waals surface area contributed by atoms with Gasteiger partial charge >= 0.3 is 0 Å². The molecule has 5 nitrogen and oxygen atoms in total. The molecule has 2 aromatic rings. The van der Waals surface area contributed by atoms with Crippen LogP contribution in [0.4, 0.5) is 5.82 Å². The molecule has 0 unspecified atom stereocenters. The molecule has 0 bridgehead atoms. The number of rotatable bonds is 4. The fraction of sp³-hybridized carbons (Fsp3) is 0.462. The number of nitrogens with zero attached hydrogens (tertiary/aromatic N) is 3. The summed E-state index contributed by atoms with van der Waals surface area (Å²) >= 11 is 0. The lowest BCUT2D eigenvalue weighted by Crippen LogP contribution is -2.36. The summed E-state index contributed by atoms with van der Waals surface area (Å²) in [6, 6.07) is 5.69. The Kier molecular flexibility index (Phi) is 3.28. The molecule has 0 saturated carbocycles. The minimum Gasteiger partial charge on any atom is -0.390 e. The number of pyridine rings is 1. The molecule has 0 amide bonds. The largest absolute Gasteiger partial charge is 0.390 e. The number of fused-ring (bicyclic) bond motifs is 1. The predicted octanol–water partition coefficient (Wildman–Crippen LogP) is 1.03. The Bertz CT molecular complexity index is 543. The molecule has 5 heteroatoms. The minimum atomic E-state index is -0.808. The summed E-state index contributed by atoms with van der Waals surface area (Å²) in [4.78, 5) is 6.35. The molecular weight excluding hydrogens is 230 g/mol. The lowest BCUT2D eigenvalue weighted by molar-refractivity contribution is 0.0883. The molecular formula is C13H19N3O2. The van der Waals surface area contributed by atoms with Gasteiger partial charge in [-0.15, -0.1) is 0 Å². The Morgan fingerprint density at radius 1 is 1.39 bits per heavy atom. The molecule has 98 valence electrons. The van der Waals surface area contributed by atoms with Gasteiger partial charge in [0.15, 0.2) is 5.82 Å². The van der Waals surface area contributed by atoms with Gasteiger partial charge in [0.2, 0.25) is 0 Å². The van der Waals surface area contributed by atoms with Crippen LogP contribution in [0, 0.1) is 0 Å². The first-order valence-electron chi connectivity index (χ1n) is 5.93. The maximum Gasteiger partial charge on any atom is 0.153 e. The van der Waals surface area contributed by atoms with Gasteiger partial charge in [0.25, 0.3) is 0 Å². The minimum absolute atomic E-state index is 0.0866. The number of hydrogen-bond donors (Lipinski definition) is 2. The van der Waals surface area contributed by atoms with Crippen LogP contribution < -0.4 is 4.90 Å². The predicted molar refractivity (Wildman–Crippen MR) is 70.7 cm³/mol. The lowest BCUT2D eigenvalue weighted by Gasteiger charge is -2.26. The molecule has 0 fully saturated rings. The highest BCUT2D eigenvalue weighted by Gasteiger charge is 2.20. The maximum atomic E-state index is 9.85. The van der Waals surface area contributed by atoms with Gasteiger partial charge in [-0.1, -0.05) is 6.07 Å². The molecule has 0 aliphatic heterocycles. The van der Waals surface area contributed by atoms with E-state index in [4.69, 9.17) is 0 Å². The van der Waals surface area contributed by atoms with E-state index in [-0.39, 0.29) is 6.61 Å². The summed E-state index contributed by atoms with van der Waals surface area (Å²) in [5, 5.41) is 19.4. The standard InChI is InChI=1S/C13H19N3O2/c1-13(2,18)9-15(3)12-10(8-17)16-7-5-4-6-11(16)14-12/h4-7,17-18H,8-9H2,1-3H3. The van der Waals surface area contributed by atoms with E-state index in [1.165, 1.54) is 0 Å². The fourth-order valence-electron chi connectivity index (χ4n) is 2.14. The molecule has 0 aliphatic rings. The molecule has 2 rings (SSSR count). The molecule has 0 atom stereocenters. The van der Waals surface area contributed by atoms with Crippen LogP contribution in [0.25, 0.3) is 5.65 Å². The Hall–Kier alpha value is -1.59. The van der Waals surface area contributed by atoms with Crippen LogP contribution in [0.3, 0.4) is 0 Å². The van der Waals surface area contributed by atoms with Gasteiger partial charge in [-0.3, -0.25) is 4.40 Å². The highest BCUT2D eigenvalue weighted by Crippen LogP contribution is 2.22. The molecule has 0 spiro atoms. The summed E-state index contributed by atoms with van der Waals surface area (Å²) < 4.78 is 1.86. The van der Waals surface area contributed by atoms with E-state index in [9.17, 15) is 10.2 Å². The molecule has 2 aromatic heterocycles. The van der Waals surface area contributed by atoms with Crippen LogP contribution in [0.15, 0.2) is 24.4 Å². The first-order valence-corrected chi connectivity index (χ1v) is 5.93. The van der Waals surface area contributed by atoms with Crippen molar-refractivity contribution < 1.29 is 10.2 Å². The zero-order valence-electron chi connectivity index (χ0n) is 11.0. The van der Waals surface area contributed by atoms with Crippen LogP contribution >= 0.6 is 0 Å². The Labute approximate surface area is 106 Å². The zero-order chi connectivity index (χ0) is 13.3. The first-order chi connectivity index (χ1) is 8.42. The number of anilines is 1. The third-order valence-corrected chi connectivity index (χ3v) is 2.74. The third-order valence-electron chi connectivity index (χ3n) is 2.74. The van der Waals surface area contributed by atoms with E-state index in [0.717, 1.165) is 11.3 Å². The van der Waals surface area contributed by atoms with Crippen molar-refractivity contribution in [3.63, 3.8) is 0 Å². The van der Waals surface area contributed by atoms with E-state index in [0.29, 0.717) is 12.4 Å². The molecule has 0 saturated heterocycles. The normalized spacial score (nSPS) is 12.1. The van der Waals surface area contributed by atoms with E-state index in [2.05, 4.69) is 4.98 Å². The summed E-state index contributed by atoms with van der Waals surface area (Å²) in [7, 11) is 1.86. The SMILES string of the molecule is CN(CC(C)(C)O)c1nc2ccccn2c1CO. The Morgan fingerprint density at radius 2 is 2.11 bits per heavy atom. The van der Waals surface area contributed by atoms with Crippen LogP contribution in [0.1, 0.15) is 19.5 Å². The van der Waals surface area contributed by atoms with Crippen molar-refractivity contribution in [3.8, 4) is 0 Å². The van der Waals surface area contributed by atoms with Crippen LogP contribution in [0.5, 0.6) is 0 Å². The lowest BCUT2D eigenvalue weighted by atomic mass is 10.1.